The second-order valence-corrected chi connectivity index (χ2v) is 13.7. The quantitative estimate of drug-likeness (QED) is 0.0706. The first-order chi connectivity index (χ1) is 26.5. The number of aromatic nitrogens is 2. The summed E-state index contributed by atoms with van der Waals surface area (Å²) in [5, 5.41) is 20.0. The maximum atomic E-state index is 13.2. The normalized spacial score (nSPS) is 12.4. The first kappa shape index (κ1) is 40.3. The zero-order chi connectivity index (χ0) is 41.2. The number of nitrogens with two attached hydrogens (primary N) is 2. The minimum Gasteiger partial charge on any atom is -0.478 e. The number of hydrogen-bond acceptors (Lipinski definition) is 10. The average molecular weight is 771 g/mol. The SMILES string of the molecule is Cc1c(C(=O)C(N)=O)c2c(OC(C(=O)O)C(C)C)cccc2n1COc1ccccc1OCn1c(C)c(C(=O)C(N)=O)c2c(OC(C(=O)O)C(C)C)cccc21. The molecule has 16 nitrogen and oxygen atoms in total. The second kappa shape index (κ2) is 16.3. The number of carboxylic acids is 2. The number of Topliss-reactive ketones (excluding diaryl/α,β-unsaturated/α-hetero) is 2. The molecule has 6 N–H and O–H groups in total. The number of carbonyl (C=O) groups is 6. The van der Waals surface area contributed by atoms with Crippen LogP contribution in [0.2, 0.25) is 0 Å². The number of carboxylic acid groups (broad SMARTS) is 2. The number of ketones is 2. The van der Waals surface area contributed by atoms with Gasteiger partial charge in [0.1, 0.15) is 11.5 Å². The molecule has 294 valence electrons. The molecule has 5 aromatic rings. The highest BCUT2D eigenvalue weighted by Crippen LogP contribution is 2.38. The number of aliphatic carboxylic acids is 2. The fourth-order valence-corrected chi connectivity index (χ4v) is 6.49. The van der Waals surface area contributed by atoms with E-state index in [0.29, 0.717) is 22.4 Å². The number of rotatable bonds is 18. The second-order valence-electron chi connectivity index (χ2n) is 13.7. The lowest BCUT2D eigenvalue weighted by molar-refractivity contribution is -0.147. The lowest BCUT2D eigenvalue weighted by Crippen LogP contribution is -2.32. The van der Waals surface area contributed by atoms with Gasteiger partial charge in [0.05, 0.1) is 32.9 Å². The molecule has 0 bridgehead atoms. The lowest BCUT2D eigenvalue weighted by Gasteiger charge is -2.19. The summed E-state index contributed by atoms with van der Waals surface area (Å²) in [6.07, 6.45) is -2.51. The predicted octanol–water partition coefficient (Wildman–Crippen LogP) is 4.60. The third kappa shape index (κ3) is 7.71. The topological polar surface area (TPSA) is 242 Å². The van der Waals surface area contributed by atoms with E-state index in [4.69, 9.17) is 30.4 Å². The number of ether oxygens (including phenoxy) is 4. The minimum absolute atomic E-state index is 0.0631. The average Bonchev–Trinajstić information content (AvgIpc) is 3.59. The van der Waals surface area contributed by atoms with Crippen LogP contribution in [0.5, 0.6) is 23.0 Å². The molecular weight excluding hydrogens is 728 g/mol. The summed E-state index contributed by atoms with van der Waals surface area (Å²) in [5.41, 5.74) is 12.1. The van der Waals surface area contributed by atoms with Crippen molar-refractivity contribution in [3.63, 3.8) is 0 Å². The Balaban J connectivity index is 1.52. The van der Waals surface area contributed by atoms with Gasteiger partial charge in [-0.25, -0.2) is 9.59 Å². The van der Waals surface area contributed by atoms with Crippen LogP contribution in [0.1, 0.15) is 59.8 Å². The van der Waals surface area contributed by atoms with Crippen LogP contribution in [0, 0.1) is 25.7 Å². The van der Waals surface area contributed by atoms with Gasteiger partial charge in [-0.2, -0.15) is 0 Å². The fourth-order valence-electron chi connectivity index (χ4n) is 6.49. The lowest BCUT2D eigenvalue weighted by atomic mass is 10.0. The summed E-state index contributed by atoms with van der Waals surface area (Å²) in [7, 11) is 0. The molecule has 56 heavy (non-hydrogen) atoms. The maximum absolute atomic E-state index is 13.2. The van der Waals surface area contributed by atoms with Gasteiger partial charge < -0.3 is 49.8 Å². The highest BCUT2D eigenvalue weighted by molar-refractivity contribution is 6.45. The molecule has 0 fully saturated rings. The van der Waals surface area contributed by atoms with Gasteiger partial charge in [-0.1, -0.05) is 52.0 Å². The van der Waals surface area contributed by atoms with E-state index in [1.165, 1.54) is 12.1 Å². The number of primary amides is 2. The van der Waals surface area contributed by atoms with Crippen LogP contribution in [0.15, 0.2) is 60.7 Å². The Labute approximate surface area is 320 Å². The van der Waals surface area contributed by atoms with Crippen molar-refractivity contribution in [3.8, 4) is 23.0 Å². The molecule has 0 saturated heterocycles. The summed E-state index contributed by atoms with van der Waals surface area (Å²) in [6, 6.07) is 16.2. The molecular formula is C40H42N4O12. The summed E-state index contributed by atoms with van der Waals surface area (Å²) >= 11 is 0. The zero-order valence-corrected chi connectivity index (χ0v) is 31.5. The third-order valence-corrected chi connectivity index (χ3v) is 9.28. The number of carbonyl (C=O) groups excluding carboxylic acids is 4. The van der Waals surface area contributed by atoms with Crippen LogP contribution in [0.3, 0.4) is 0 Å². The van der Waals surface area contributed by atoms with Gasteiger partial charge >= 0.3 is 11.9 Å². The molecule has 0 spiro atoms. The monoisotopic (exact) mass is 770 g/mol. The standard InChI is InChI=1S/C40H42N4O12/c1-19(2)35(39(49)50)55-27-15-9-11-23-31(27)29(33(45)37(41)47)21(5)43(23)17-53-25-13-7-8-14-26(25)54-18-44-22(6)30(34(46)38(42)48)32-24(44)12-10-16-28(32)56-36(20(3)4)40(51)52/h7-16,19-20,35-36H,17-18H2,1-6H3,(H2,41,47)(H2,42,48)(H,49,50)(H,51,52). The highest BCUT2D eigenvalue weighted by atomic mass is 16.5. The van der Waals surface area contributed by atoms with Gasteiger partial charge in [0.25, 0.3) is 23.4 Å². The molecule has 5 rings (SSSR count). The van der Waals surface area contributed by atoms with E-state index < -0.39 is 59.4 Å². The van der Waals surface area contributed by atoms with Crippen LogP contribution < -0.4 is 30.4 Å². The van der Waals surface area contributed by atoms with Gasteiger partial charge in [-0.05, 0) is 50.2 Å². The first-order valence-corrected chi connectivity index (χ1v) is 17.5. The van der Waals surface area contributed by atoms with E-state index >= 15 is 0 Å². The molecule has 2 unspecified atom stereocenters. The van der Waals surface area contributed by atoms with Crippen LogP contribution in [-0.2, 0) is 32.6 Å². The van der Waals surface area contributed by atoms with Crippen molar-refractivity contribution in [2.45, 2.75) is 67.2 Å². The Kier molecular flexibility index (Phi) is 11.7. The molecule has 0 aliphatic carbocycles. The Morgan fingerprint density at radius 3 is 1.21 bits per heavy atom. The zero-order valence-electron chi connectivity index (χ0n) is 31.5. The van der Waals surface area contributed by atoms with Gasteiger partial charge in [-0.3, -0.25) is 19.2 Å². The Bertz CT molecular complexity index is 2220. The Hall–Kier alpha value is -6.84. The predicted molar refractivity (Wildman–Crippen MR) is 202 cm³/mol. The van der Waals surface area contributed by atoms with Crippen LogP contribution >= 0.6 is 0 Å². The molecule has 0 aliphatic heterocycles. The smallest absolute Gasteiger partial charge is 0.345 e. The molecule has 0 radical (unpaired) electrons. The molecule has 0 saturated carbocycles. The highest BCUT2D eigenvalue weighted by Gasteiger charge is 2.31. The number of para-hydroxylation sites is 2. The van der Waals surface area contributed by atoms with E-state index in [9.17, 15) is 39.0 Å². The van der Waals surface area contributed by atoms with Crippen LogP contribution in [0.4, 0.5) is 0 Å². The van der Waals surface area contributed by atoms with Crippen molar-refractivity contribution in [3.05, 3.63) is 83.2 Å². The van der Waals surface area contributed by atoms with Crippen molar-refractivity contribution in [1.82, 2.24) is 9.13 Å². The fraction of sp³-hybridized carbons (Fsp3) is 0.300. The van der Waals surface area contributed by atoms with E-state index in [-0.39, 0.29) is 58.4 Å². The van der Waals surface area contributed by atoms with Gasteiger partial charge in [-0.15, -0.1) is 0 Å². The van der Waals surface area contributed by atoms with E-state index in [1.54, 1.807) is 99.2 Å². The summed E-state index contributed by atoms with van der Waals surface area (Å²) in [6.45, 7) is 9.45. The van der Waals surface area contributed by atoms with Crippen molar-refractivity contribution >= 4 is 57.1 Å². The number of amides is 2. The molecule has 2 aromatic heterocycles. The van der Waals surface area contributed by atoms with Crippen molar-refractivity contribution in [1.29, 1.82) is 0 Å². The number of nitrogens with zero attached hydrogens (tertiary/aromatic N) is 2. The minimum atomic E-state index is -1.26. The molecule has 2 heterocycles. The van der Waals surface area contributed by atoms with Crippen molar-refractivity contribution < 1.29 is 57.9 Å². The number of hydrogen-bond donors (Lipinski definition) is 4. The molecule has 3 aromatic carbocycles. The van der Waals surface area contributed by atoms with Gasteiger partial charge in [0.15, 0.2) is 37.2 Å². The summed E-state index contributed by atoms with van der Waals surface area (Å²) < 4.78 is 27.5. The summed E-state index contributed by atoms with van der Waals surface area (Å²) in [5.74, 6) is -7.07. The molecule has 2 atom stereocenters. The Morgan fingerprint density at radius 1 is 0.571 bits per heavy atom. The third-order valence-electron chi connectivity index (χ3n) is 9.28. The van der Waals surface area contributed by atoms with E-state index in [0.717, 1.165) is 0 Å². The molecule has 16 heteroatoms. The largest absolute Gasteiger partial charge is 0.478 e. The summed E-state index contributed by atoms with van der Waals surface area (Å²) in [4.78, 5) is 74.7. The van der Waals surface area contributed by atoms with Gasteiger partial charge in [0.2, 0.25) is 0 Å². The van der Waals surface area contributed by atoms with Crippen molar-refractivity contribution in [2.24, 2.45) is 23.3 Å². The molecule has 2 amide bonds. The number of benzene rings is 3. The van der Waals surface area contributed by atoms with Crippen molar-refractivity contribution in [2.75, 3.05) is 0 Å². The molecule has 0 aliphatic rings. The van der Waals surface area contributed by atoms with Crippen LogP contribution in [0.25, 0.3) is 21.8 Å². The van der Waals surface area contributed by atoms with E-state index in [1.807, 2.05) is 0 Å². The number of fused-ring (bicyclic) bond motifs is 2. The van der Waals surface area contributed by atoms with Crippen LogP contribution in [-0.4, -0.2) is 66.9 Å². The Morgan fingerprint density at radius 2 is 0.911 bits per heavy atom. The van der Waals surface area contributed by atoms with E-state index in [2.05, 4.69) is 0 Å². The first-order valence-electron chi connectivity index (χ1n) is 17.5. The van der Waals surface area contributed by atoms with Gasteiger partial charge in [0, 0.05) is 23.2 Å². The maximum Gasteiger partial charge on any atom is 0.345 e.